The molecular formula is C23H17N3O5. The Morgan fingerprint density at radius 3 is 2.71 bits per heavy atom. The molecule has 154 valence electrons. The van der Waals surface area contributed by atoms with Crippen LogP contribution in [0.5, 0.6) is 5.75 Å². The normalized spacial score (nSPS) is 10.6. The third kappa shape index (κ3) is 4.31. The molecule has 31 heavy (non-hydrogen) atoms. The van der Waals surface area contributed by atoms with Crippen LogP contribution in [-0.2, 0) is 16.1 Å². The smallest absolute Gasteiger partial charge is 0.344 e. The fraction of sp³-hybridized carbons (Fsp3) is 0.130. The fourth-order valence-electron chi connectivity index (χ4n) is 3.10. The lowest BCUT2D eigenvalue weighted by atomic mass is 10.2. The molecule has 0 aliphatic rings. The lowest BCUT2D eigenvalue weighted by Crippen LogP contribution is -2.16. The van der Waals surface area contributed by atoms with E-state index >= 15 is 0 Å². The summed E-state index contributed by atoms with van der Waals surface area (Å²) >= 11 is 0. The van der Waals surface area contributed by atoms with Gasteiger partial charge in [-0.3, -0.25) is 0 Å². The van der Waals surface area contributed by atoms with Gasteiger partial charge < -0.3 is 13.9 Å². The number of rotatable bonds is 6. The molecule has 2 heterocycles. The van der Waals surface area contributed by atoms with E-state index in [1.165, 1.54) is 12.1 Å². The van der Waals surface area contributed by atoms with Crippen molar-refractivity contribution in [3.05, 3.63) is 88.0 Å². The minimum absolute atomic E-state index is 0.132. The number of benzene rings is 2. The lowest BCUT2D eigenvalue weighted by molar-refractivity contribution is -0.147. The molecule has 0 N–H and O–H groups in total. The second-order valence-corrected chi connectivity index (χ2v) is 6.67. The fourth-order valence-corrected chi connectivity index (χ4v) is 3.10. The maximum atomic E-state index is 12.2. The number of para-hydroxylation sites is 1. The maximum Gasteiger partial charge on any atom is 0.344 e. The van der Waals surface area contributed by atoms with E-state index in [2.05, 4.69) is 11.2 Å². The highest BCUT2D eigenvalue weighted by atomic mass is 16.6. The van der Waals surface area contributed by atoms with E-state index in [1.807, 2.05) is 30.3 Å². The molecule has 0 saturated carbocycles. The zero-order valence-electron chi connectivity index (χ0n) is 16.6. The summed E-state index contributed by atoms with van der Waals surface area (Å²) in [5.74, 6) is -0.251. The number of esters is 1. The largest absolute Gasteiger partial charge is 0.482 e. The summed E-state index contributed by atoms with van der Waals surface area (Å²) in [6.07, 6.45) is 0. The van der Waals surface area contributed by atoms with Crippen molar-refractivity contribution in [1.29, 1.82) is 5.26 Å². The van der Waals surface area contributed by atoms with Crippen molar-refractivity contribution in [2.45, 2.75) is 13.5 Å². The van der Waals surface area contributed by atoms with Crippen molar-refractivity contribution in [2.75, 3.05) is 6.61 Å². The van der Waals surface area contributed by atoms with Crippen LogP contribution >= 0.6 is 0 Å². The number of nitrogens with zero attached hydrogens (tertiary/aromatic N) is 3. The molecule has 8 heteroatoms. The van der Waals surface area contributed by atoms with E-state index in [1.54, 1.807) is 29.8 Å². The number of hydrogen-bond acceptors (Lipinski definition) is 7. The van der Waals surface area contributed by atoms with Crippen molar-refractivity contribution in [1.82, 2.24) is 9.78 Å². The second kappa shape index (κ2) is 8.55. The third-order valence-corrected chi connectivity index (χ3v) is 4.59. The molecule has 0 bridgehead atoms. The SMILES string of the molecule is Cc1nn(-c2ccccc2)c(COC(=O)COc2ccc3ccc(=O)oc3c2)c1C#N. The van der Waals surface area contributed by atoms with Crippen LogP contribution in [-0.4, -0.2) is 22.4 Å². The average molecular weight is 415 g/mol. The van der Waals surface area contributed by atoms with E-state index in [4.69, 9.17) is 13.9 Å². The molecule has 0 unspecified atom stereocenters. The standard InChI is InChI=1S/C23H17N3O5/c1-15-19(12-24)20(26(25-15)17-5-3-2-4-6-17)13-30-23(28)14-29-18-9-7-16-8-10-22(27)31-21(16)11-18/h2-11H,13-14H2,1H3. The van der Waals surface area contributed by atoms with Crippen LogP contribution in [0.2, 0.25) is 0 Å². The van der Waals surface area contributed by atoms with Crippen LogP contribution in [0.4, 0.5) is 0 Å². The topological polar surface area (TPSA) is 107 Å². The predicted molar refractivity (Wildman–Crippen MR) is 111 cm³/mol. The Morgan fingerprint density at radius 2 is 1.94 bits per heavy atom. The summed E-state index contributed by atoms with van der Waals surface area (Å²) in [6.45, 7) is 1.25. The molecule has 0 aliphatic carbocycles. The number of nitriles is 1. The number of hydrogen-bond donors (Lipinski definition) is 0. The number of aromatic nitrogens is 2. The minimum atomic E-state index is -0.614. The van der Waals surface area contributed by atoms with Gasteiger partial charge in [-0.05, 0) is 37.3 Å². The van der Waals surface area contributed by atoms with E-state index < -0.39 is 11.6 Å². The number of carbonyl (C=O) groups is 1. The van der Waals surface area contributed by atoms with Gasteiger partial charge in [-0.2, -0.15) is 10.4 Å². The van der Waals surface area contributed by atoms with Crippen molar-refractivity contribution in [3.63, 3.8) is 0 Å². The average Bonchev–Trinajstić information content (AvgIpc) is 3.11. The van der Waals surface area contributed by atoms with Crippen LogP contribution in [0, 0.1) is 18.3 Å². The number of ether oxygens (including phenoxy) is 2. The maximum absolute atomic E-state index is 12.2. The van der Waals surface area contributed by atoms with Gasteiger partial charge in [0.1, 0.15) is 29.6 Å². The zero-order valence-corrected chi connectivity index (χ0v) is 16.6. The first-order valence-electron chi connectivity index (χ1n) is 9.41. The van der Waals surface area contributed by atoms with Gasteiger partial charge in [0.15, 0.2) is 6.61 Å². The predicted octanol–water partition coefficient (Wildman–Crippen LogP) is 3.28. The van der Waals surface area contributed by atoms with Crippen molar-refractivity contribution >= 4 is 16.9 Å². The molecule has 8 nitrogen and oxygen atoms in total. The lowest BCUT2D eigenvalue weighted by Gasteiger charge is -2.10. The molecule has 0 atom stereocenters. The van der Waals surface area contributed by atoms with Crippen LogP contribution in [0.25, 0.3) is 16.7 Å². The van der Waals surface area contributed by atoms with E-state index in [9.17, 15) is 14.9 Å². The van der Waals surface area contributed by atoms with E-state index in [0.717, 1.165) is 11.1 Å². The number of carbonyl (C=O) groups excluding carboxylic acids is 1. The van der Waals surface area contributed by atoms with E-state index in [0.29, 0.717) is 28.3 Å². The summed E-state index contributed by atoms with van der Waals surface area (Å²) in [7, 11) is 0. The minimum Gasteiger partial charge on any atom is -0.482 e. The van der Waals surface area contributed by atoms with Gasteiger partial charge in [0.2, 0.25) is 0 Å². The van der Waals surface area contributed by atoms with Gasteiger partial charge in [-0.1, -0.05) is 18.2 Å². The van der Waals surface area contributed by atoms with Gasteiger partial charge >= 0.3 is 11.6 Å². The first-order valence-corrected chi connectivity index (χ1v) is 9.41. The highest BCUT2D eigenvalue weighted by Gasteiger charge is 2.18. The Bertz CT molecular complexity index is 1350. The second-order valence-electron chi connectivity index (χ2n) is 6.67. The molecule has 0 aliphatic heterocycles. The van der Waals surface area contributed by atoms with Gasteiger partial charge in [-0.25, -0.2) is 14.3 Å². The van der Waals surface area contributed by atoms with Crippen molar-refractivity contribution in [3.8, 4) is 17.5 Å². The first kappa shape index (κ1) is 19.9. The van der Waals surface area contributed by atoms with Gasteiger partial charge in [0.05, 0.1) is 17.1 Å². The summed E-state index contributed by atoms with van der Waals surface area (Å²) in [5.41, 5.74) is 2.04. The van der Waals surface area contributed by atoms with Gasteiger partial charge in [-0.15, -0.1) is 0 Å². The Balaban J connectivity index is 1.45. The highest BCUT2D eigenvalue weighted by molar-refractivity contribution is 5.78. The number of fused-ring (bicyclic) bond motifs is 1. The van der Waals surface area contributed by atoms with E-state index in [-0.39, 0.29) is 13.2 Å². The summed E-state index contributed by atoms with van der Waals surface area (Å²) < 4.78 is 17.5. The Morgan fingerprint density at radius 1 is 1.16 bits per heavy atom. The first-order chi connectivity index (χ1) is 15.0. The van der Waals surface area contributed by atoms with Crippen LogP contribution in [0.1, 0.15) is 17.0 Å². The molecule has 4 rings (SSSR count). The molecule has 2 aromatic heterocycles. The van der Waals surface area contributed by atoms with Crippen LogP contribution in [0.15, 0.2) is 69.9 Å². The molecule has 0 amide bonds. The third-order valence-electron chi connectivity index (χ3n) is 4.59. The van der Waals surface area contributed by atoms with Crippen molar-refractivity contribution < 1.29 is 18.7 Å². The molecule has 2 aromatic carbocycles. The Kier molecular flexibility index (Phi) is 5.49. The Labute approximate surface area is 176 Å². The quantitative estimate of drug-likeness (QED) is 0.351. The van der Waals surface area contributed by atoms with Crippen LogP contribution < -0.4 is 10.4 Å². The molecule has 0 saturated heterocycles. The Hall–Kier alpha value is -4.38. The van der Waals surface area contributed by atoms with Gasteiger partial charge in [0, 0.05) is 17.5 Å². The zero-order chi connectivity index (χ0) is 21.8. The molecule has 0 spiro atoms. The molecule has 0 radical (unpaired) electrons. The molecule has 0 fully saturated rings. The number of aryl methyl sites for hydroxylation is 1. The van der Waals surface area contributed by atoms with Crippen LogP contribution in [0.3, 0.4) is 0 Å². The van der Waals surface area contributed by atoms with Gasteiger partial charge in [0.25, 0.3) is 0 Å². The summed E-state index contributed by atoms with van der Waals surface area (Å²) in [6, 6.07) is 19.3. The molecule has 4 aromatic rings. The van der Waals surface area contributed by atoms with Crippen molar-refractivity contribution in [2.24, 2.45) is 0 Å². The highest BCUT2D eigenvalue weighted by Crippen LogP contribution is 2.21. The monoisotopic (exact) mass is 415 g/mol. The summed E-state index contributed by atoms with van der Waals surface area (Å²) in [4.78, 5) is 23.6. The summed E-state index contributed by atoms with van der Waals surface area (Å²) in [5, 5.41) is 14.6. The molecular weight excluding hydrogens is 398 g/mol.